The zero-order valence-corrected chi connectivity index (χ0v) is 21.2. The van der Waals surface area contributed by atoms with Crippen molar-refractivity contribution in [3.05, 3.63) is 113 Å². The Balaban J connectivity index is 1.58. The van der Waals surface area contributed by atoms with Gasteiger partial charge < -0.3 is 14.1 Å². The molecule has 3 aromatic carbocycles. The Kier molecular flexibility index (Phi) is 6.12. The molecule has 4 aromatic rings. The van der Waals surface area contributed by atoms with Crippen LogP contribution in [-0.2, 0) is 18.4 Å². The van der Waals surface area contributed by atoms with Crippen LogP contribution in [0.5, 0.6) is 5.75 Å². The van der Waals surface area contributed by atoms with Crippen LogP contribution in [0.1, 0.15) is 30.9 Å². The van der Waals surface area contributed by atoms with Crippen LogP contribution in [0.2, 0.25) is 0 Å². The average Bonchev–Trinajstić information content (AvgIpc) is 3.36. The largest absolute Gasteiger partial charge is 0.497 e. The molecular formula is C31H30N3O2+. The average molecular weight is 477 g/mol. The second kappa shape index (κ2) is 9.39. The molecule has 1 atom stereocenters. The van der Waals surface area contributed by atoms with Gasteiger partial charge >= 0.3 is 5.89 Å². The molecule has 1 aromatic heterocycles. The second-order valence-electron chi connectivity index (χ2n) is 9.30. The normalized spacial score (nSPS) is 18.2. The minimum atomic E-state index is -0.307. The third-order valence-corrected chi connectivity index (χ3v) is 7.13. The molecule has 0 radical (unpaired) electrons. The highest BCUT2D eigenvalue weighted by atomic mass is 16.5. The van der Waals surface area contributed by atoms with Crippen LogP contribution in [-0.4, -0.2) is 14.2 Å². The third-order valence-electron chi connectivity index (χ3n) is 7.13. The minimum Gasteiger partial charge on any atom is -0.497 e. The number of hydrogen-bond acceptors (Lipinski definition) is 3. The summed E-state index contributed by atoms with van der Waals surface area (Å²) >= 11 is 0. The summed E-state index contributed by atoms with van der Waals surface area (Å²) in [6.45, 7) is 12.7. The van der Waals surface area contributed by atoms with Crippen molar-refractivity contribution in [1.29, 1.82) is 0 Å². The van der Waals surface area contributed by atoms with Crippen molar-refractivity contribution >= 4 is 28.6 Å². The van der Waals surface area contributed by atoms with Crippen molar-refractivity contribution in [2.24, 2.45) is 0 Å². The van der Waals surface area contributed by atoms with Gasteiger partial charge in [-0.25, -0.2) is 4.85 Å². The summed E-state index contributed by atoms with van der Waals surface area (Å²) in [7, 11) is 3.81. The molecule has 0 N–H and O–H groups in total. The molecule has 2 heterocycles. The van der Waals surface area contributed by atoms with Gasteiger partial charge in [0.2, 0.25) is 5.58 Å². The van der Waals surface area contributed by atoms with E-state index in [0.717, 1.165) is 47.0 Å². The highest BCUT2D eigenvalue weighted by Crippen LogP contribution is 2.50. The molecule has 0 saturated heterocycles. The van der Waals surface area contributed by atoms with Crippen LogP contribution in [0, 0.1) is 6.57 Å². The van der Waals surface area contributed by atoms with Crippen molar-refractivity contribution in [3.8, 4) is 5.75 Å². The molecule has 0 amide bonds. The van der Waals surface area contributed by atoms with Gasteiger partial charge in [0, 0.05) is 29.9 Å². The summed E-state index contributed by atoms with van der Waals surface area (Å²) in [4.78, 5) is 5.89. The second-order valence-corrected chi connectivity index (χ2v) is 9.30. The zero-order chi connectivity index (χ0) is 25.3. The maximum absolute atomic E-state index is 7.43. The first-order chi connectivity index (χ1) is 17.5. The van der Waals surface area contributed by atoms with E-state index in [9.17, 15) is 0 Å². The standard InChI is InChI=1S/C31H30N3O2/c1-6-34-27-13-7-8-14-28(27)36-30(34)16-10-15-29-31(2,21-22-11-9-12-23(19-22)32-3)25-20-24(35-5)17-18-26(25)33(29)4/h7-20H,6,21H2,1-2,4-5H3/q+1. The Morgan fingerprint density at radius 3 is 2.72 bits per heavy atom. The molecule has 5 heteroatoms. The molecule has 36 heavy (non-hydrogen) atoms. The number of oxazole rings is 1. The van der Waals surface area contributed by atoms with Crippen molar-refractivity contribution in [2.75, 3.05) is 19.1 Å². The number of benzene rings is 3. The van der Waals surface area contributed by atoms with Crippen LogP contribution < -0.4 is 14.2 Å². The monoisotopic (exact) mass is 476 g/mol. The lowest BCUT2D eigenvalue weighted by Gasteiger charge is -2.29. The third kappa shape index (κ3) is 3.95. The molecule has 5 rings (SSSR count). The summed E-state index contributed by atoms with van der Waals surface area (Å²) < 4.78 is 13.9. The maximum atomic E-state index is 7.43. The summed E-state index contributed by atoms with van der Waals surface area (Å²) in [5.41, 5.74) is 7.01. The minimum absolute atomic E-state index is 0.307. The fourth-order valence-corrected chi connectivity index (χ4v) is 5.36. The number of allylic oxidation sites excluding steroid dienone is 3. The van der Waals surface area contributed by atoms with Crippen LogP contribution in [0.25, 0.3) is 22.0 Å². The SMILES string of the molecule is [C-]#[N+]c1cccc(CC2(C)C(=CC=Cc3oc4ccccc4[n+]3CC)N(C)c3ccc(OC)cc32)c1. The van der Waals surface area contributed by atoms with Gasteiger partial charge in [-0.1, -0.05) is 48.0 Å². The Morgan fingerprint density at radius 1 is 1.11 bits per heavy atom. The molecule has 180 valence electrons. The Morgan fingerprint density at radius 2 is 1.94 bits per heavy atom. The molecule has 0 fully saturated rings. The van der Waals surface area contributed by atoms with Crippen LogP contribution >= 0.6 is 0 Å². The van der Waals surface area contributed by atoms with Crippen LogP contribution in [0.15, 0.2) is 89.0 Å². The van der Waals surface area contributed by atoms with Crippen molar-refractivity contribution < 1.29 is 13.7 Å². The summed E-state index contributed by atoms with van der Waals surface area (Å²) in [6.07, 6.45) is 7.05. The van der Waals surface area contributed by atoms with Gasteiger partial charge in [0.15, 0.2) is 5.69 Å². The molecule has 0 aliphatic carbocycles. The van der Waals surface area contributed by atoms with E-state index < -0.39 is 0 Å². The summed E-state index contributed by atoms with van der Waals surface area (Å²) in [5.74, 6) is 1.66. The molecular weight excluding hydrogens is 446 g/mol. The molecule has 1 aliphatic heterocycles. The smallest absolute Gasteiger partial charge is 0.374 e. The first kappa shape index (κ1) is 23.4. The van der Waals surface area contributed by atoms with E-state index in [4.69, 9.17) is 15.7 Å². The number of fused-ring (bicyclic) bond motifs is 2. The van der Waals surface area contributed by atoms with E-state index in [1.54, 1.807) is 7.11 Å². The number of hydrogen-bond donors (Lipinski definition) is 0. The van der Waals surface area contributed by atoms with E-state index in [1.807, 2.05) is 48.5 Å². The number of anilines is 1. The molecule has 5 nitrogen and oxygen atoms in total. The highest BCUT2D eigenvalue weighted by molar-refractivity contribution is 5.73. The number of ether oxygens (including phenoxy) is 1. The van der Waals surface area contributed by atoms with E-state index in [2.05, 4.69) is 71.6 Å². The number of aryl methyl sites for hydroxylation is 1. The molecule has 0 spiro atoms. The van der Waals surface area contributed by atoms with E-state index in [0.29, 0.717) is 5.69 Å². The van der Waals surface area contributed by atoms with Crippen molar-refractivity contribution in [3.63, 3.8) is 0 Å². The number of rotatable bonds is 6. The number of likely N-dealkylation sites (N-methyl/N-ethyl adjacent to an activating group) is 1. The van der Waals surface area contributed by atoms with Crippen LogP contribution in [0.3, 0.4) is 0 Å². The highest BCUT2D eigenvalue weighted by Gasteiger charge is 2.42. The Labute approximate surface area is 212 Å². The van der Waals surface area contributed by atoms with Crippen LogP contribution in [0.4, 0.5) is 11.4 Å². The van der Waals surface area contributed by atoms with Gasteiger partial charge in [0.05, 0.1) is 19.8 Å². The number of nitrogens with zero attached hydrogens (tertiary/aromatic N) is 3. The van der Waals surface area contributed by atoms with Gasteiger partial charge in [-0.05, 0) is 56.2 Å². The topological polar surface area (TPSA) is 33.8 Å². The summed E-state index contributed by atoms with van der Waals surface area (Å²) in [6, 6.07) is 22.3. The fraction of sp³-hybridized carbons (Fsp3) is 0.226. The summed E-state index contributed by atoms with van der Waals surface area (Å²) in [5, 5.41) is 0. The van der Waals surface area contributed by atoms with Gasteiger partial charge in [-0.3, -0.25) is 0 Å². The molecule has 0 bridgehead atoms. The lowest BCUT2D eigenvalue weighted by molar-refractivity contribution is -0.674. The van der Waals surface area contributed by atoms with E-state index in [-0.39, 0.29) is 5.41 Å². The first-order valence-electron chi connectivity index (χ1n) is 12.2. The molecule has 1 unspecified atom stereocenters. The number of para-hydroxylation sites is 2. The Bertz CT molecular complexity index is 1540. The lowest BCUT2D eigenvalue weighted by atomic mass is 9.76. The van der Waals surface area contributed by atoms with Gasteiger partial charge in [0.25, 0.3) is 5.52 Å². The fourth-order valence-electron chi connectivity index (χ4n) is 5.36. The van der Waals surface area contributed by atoms with Gasteiger partial charge in [-0.15, -0.1) is 0 Å². The van der Waals surface area contributed by atoms with E-state index in [1.165, 1.54) is 11.3 Å². The lowest BCUT2D eigenvalue weighted by Crippen LogP contribution is -2.33. The molecule has 0 saturated carbocycles. The number of aromatic nitrogens is 1. The molecule has 1 aliphatic rings. The maximum Gasteiger partial charge on any atom is 0.374 e. The predicted molar refractivity (Wildman–Crippen MR) is 144 cm³/mol. The Hall–Kier alpha value is -4.30. The quantitative estimate of drug-likeness (QED) is 0.225. The number of methoxy groups -OCH3 is 1. The predicted octanol–water partition coefficient (Wildman–Crippen LogP) is 6.85. The van der Waals surface area contributed by atoms with Gasteiger partial charge in [0.1, 0.15) is 12.3 Å². The zero-order valence-electron chi connectivity index (χ0n) is 21.2. The van der Waals surface area contributed by atoms with Gasteiger partial charge in [-0.2, -0.15) is 4.57 Å². The van der Waals surface area contributed by atoms with E-state index >= 15 is 0 Å². The van der Waals surface area contributed by atoms with Crippen molar-refractivity contribution in [2.45, 2.75) is 32.2 Å². The van der Waals surface area contributed by atoms with Crippen molar-refractivity contribution in [1.82, 2.24) is 0 Å². The first-order valence-corrected chi connectivity index (χ1v) is 12.2.